The second kappa shape index (κ2) is 6.33. The molecule has 4 nitrogen and oxygen atoms in total. The summed E-state index contributed by atoms with van der Waals surface area (Å²) in [6, 6.07) is 4.56. The van der Waals surface area contributed by atoms with Crippen LogP contribution in [0.1, 0.15) is 18.4 Å². The first-order valence-electron chi connectivity index (χ1n) is 6.60. The quantitative estimate of drug-likeness (QED) is 0.830. The van der Waals surface area contributed by atoms with Gasteiger partial charge in [0.15, 0.2) is 17.3 Å². The van der Waals surface area contributed by atoms with Crippen molar-refractivity contribution < 1.29 is 23.4 Å². The maximum absolute atomic E-state index is 13.6. The van der Waals surface area contributed by atoms with E-state index in [9.17, 15) is 9.18 Å². The van der Waals surface area contributed by atoms with Gasteiger partial charge in [-0.15, -0.1) is 0 Å². The number of Topliss-reactive ketones (excluding diaryl/α,β-unsaturated/α-hetero) is 1. The molecule has 0 radical (unpaired) electrons. The van der Waals surface area contributed by atoms with Gasteiger partial charge >= 0.3 is 0 Å². The van der Waals surface area contributed by atoms with Crippen LogP contribution in [0, 0.1) is 5.82 Å². The molecular weight excluding hydrogens is 263 g/mol. The van der Waals surface area contributed by atoms with Crippen molar-refractivity contribution in [3.8, 4) is 5.75 Å². The van der Waals surface area contributed by atoms with Crippen molar-refractivity contribution in [2.24, 2.45) is 0 Å². The molecule has 0 bridgehead atoms. The summed E-state index contributed by atoms with van der Waals surface area (Å²) in [7, 11) is 2.95. The van der Waals surface area contributed by atoms with E-state index >= 15 is 0 Å². The second-order valence-corrected chi connectivity index (χ2v) is 4.88. The van der Waals surface area contributed by atoms with E-state index in [2.05, 4.69) is 0 Å². The third kappa shape index (κ3) is 2.99. The smallest absolute Gasteiger partial charge is 0.169 e. The van der Waals surface area contributed by atoms with Crippen LogP contribution in [0.4, 0.5) is 4.39 Å². The molecule has 0 aliphatic carbocycles. The SMILES string of the molecule is COc1ccc(CC(=O)C2(OC)CCOCC2)cc1F. The molecule has 1 heterocycles. The fourth-order valence-corrected chi connectivity index (χ4v) is 2.46. The molecule has 1 aromatic rings. The highest BCUT2D eigenvalue weighted by Crippen LogP contribution is 2.27. The molecule has 1 aliphatic heterocycles. The second-order valence-electron chi connectivity index (χ2n) is 4.88. The van der Waals surface area contributed by atoms with Crippen LogP contribution in [0.25, 0.3) is 0 Å². The minimum absolute atomic E-state index is 0.0344. The summed E-state index contributed by atoms with van der Waals surface area (Å²) in [4.78, 5) is 12.5. The van der Waals surface area contributed by atoms with E-state index < -0.39 is 11.4 Å². The highest BCUT2D eigenvalue weighted by molar-refractivity contribution is 5.89. The highest BCUT2D eigenvalue weighted by Gasteiger charge is 2.39. The van der Waals surface area contributed by atoms with Gasteiger partial charge in [0.05, 0.1) is 7.11 Å². The average Bonchev–Trinajstić information content (AvgIpc) is 2.48. The van der Waals surface area contributed by atoms with Gasteiger partial charge in [0.2, 0.25) is 0 Å². The molecule has 1 aromatic carbocycles. The Balaban J connectivity index is 2.12. The molecule has 110 valence electrons. The number of hydrogen-bond acceptors (Lipinski definition) is 4. The van der Waals surface area contributed by atoms with E-state index in [-0.39, 0.29) is 18.0 Å². The van der Waals surface area contributed by atoms with Crippen molar-refractivity contribution in [2.75, 3.05) is 27.4 Å². The number of carbonyl (C=O) groups excluding carboxylic acids is 1. The van der Waals surface area contributed by atoms with Gasteiger partial charge in [0, 0.05) is 39.6 Å². The molecule has 0 atom stereocenters. The molecule has 2 rings (SSSR count). The number of ether oxygens (including phenoxy) is 3. The van der Waals surface area contributed by atoms with E-state index in [1.54, 1.807) is 6.07 Å². The summed E-state index contributed by atoms with van der Waals surface area (Å²) >= 11 is 0. The Bertz CT molecular complexity index is 481. The maximum Gasteiger partial charge on any atom is 0.169 e. The standard InChI is InChI=1S/C15H19FO4/c1-18-13-4-3-11(9-12(13)16)10-14(17)15(19-2)5-7-20-8-6-15/h3-4,9H,5-8,10H2,1-2H3. The predicted octanol–water partition coefficient (Wildman–Crippen LogP) is 2.14. The highest BCUT2D eigenvalue weighted by atomic mass is 19.1. The fraction of sp³-hybridized carbons (Fsp3) is 0.533. The molecular formula is C15H19FO4. The first kappa shape index (κ1) is 14.9. The lowest BCUT2D eigenvalue weighted by atomic mass is 9.86. The summed E-state index contributed by atoms with van der Waals surface area (Å²) in [5.41, 5.74) is -0.175. The molecule has 5 heteroatoms. The van der Waals surface area contributed by atoms with E-state index in [1.165, 1.54) is 26.4 Å². The Kier molecular flexibility index (Phi) is 4.73. The molecule has 0 amide bonds. The molecule has 0 aromatic heterocycles. The molecule has 20 heavy (non-hydrogen) atoms. The molecule has 1 saturated heterocycles. The zero-order valence-electron chi connectivity index (χ0n) is 11.8. The number of methoxy groups -OCH3 is 2. The van der Waals surface area contributed by atoms with Crippen LogP contribution < -0.4 is 4.74 Å². The van der Waals surface area contributed by atoms with Crippen molar-refractivity contribution in [1.29, 1.82) is 0 Å². The molecule has 0 N–H and O–H groups in total. The Morgan fingerprint density at radius 1 is 1.35 bits per heavy atom. The van der Waals surface area contributed by atoms with E-state index in [4.69, 9.17) is 14.2 Å². The molecule has 1 fully saturated rings. The van der Waals surface area contributed by atoms with Crippen LogP contribution in [0.5, 0.6) is 5.75 Å². The van der Waals surface area contributed by atoms with Crippen molar-refractivity contribution >= 4 is 5.78 Å². The van der Waals surface area contributed by atoms with Gasteiger partial charge < -0.3 is 14.2 Å². The normalized spacial score (nSPS) is 17.8. The molecule has 0 spiro atoms. The predicted molar refractivity (Wildman–Crippen MR) is 71.5 cm³/mol. The van der Waals surface area contributed by atoms with E-state index in [1.807, 2.05) is 0 Å². The van der Waals surface area contributed by atoms with Crippen LogP contribution in [0.3, 0.4) is 0 Å². The van der Waals surface area contributed by atoms with Gasteiger partial charge in [-0.2, -0.15) is 0 Å². The zero-order chi connectivity index (χ0) is 14.6. The van der Waals surface area contributed by atoms with E-state index in [0.717, 1.165) is 0 Å². The summed E-state index contributed by atoms with van der Waals surface area (Å²) in [5, 5.41) is 0. The lowest BCUT2D eigenvalue weighted by Crippen LogP contribution is -2.46. The van der Waals surface area contributed by atoms with Gasteiger partial charge in [-0.05, 0) is 17.7 Å². The van der Waals surface area contributed by atoms with Crippen LogP contribution in [0.2, 0.25) is 0 Å². The topological polar surface area (TPSA) is 44.8 Å². The van der Waals surface area contributed by atoms with Crippen molar-refractivity contribution in [3.05, 3.63) is 29.6 Å². The minimum Gasteiger partial charge on any atom is -0.494 e. The third-order valence-corrected chi connectivity index (χ3v) is 3.78. The summed E-state index contributed by atoms with van der Waals surface area (Å²) in [6.07, 6.45) is 1.23. The maximum atomic E-state index is 13.6. The van der Waals surface area contributed by atoms with Crippen molar-refractivity contribution in [3.63, 3.8) is 0 Å². The van der Waals surface area contributed by atoms with Gasteiger partial charge in [0.1, 0.15) is 5.60 Å². The third-order valence-electron chi connectivity index (χ3n) is 3.78. The van der Waals surface area contributed by atoms with Gasteiger partial charge in [-0.25, -0.2) is 4.39 Å². The van der Waals surface area contributed by atoms with Crippen LogP contribution >= 0.6 is 0 Å². The van der Waals surface area contributed by atoms with Gasteiger partial charge in [-0.3, -0.25) is 4.79 Å². The Morgan fingerprint density at radius 3 is 2.60 bits per heavy atom. The first-order valence-corrected chi connectivity index (χ1v) is 6.60. The summed E-state index contributed by atoms with van der Waals surface area (Å²) in [5.74, 6) is -0.321. The molecule has 0 unspecified atom stereocenters. The number of rotatable bonds is 5. The number of hydrogen-bond donors (Lipinski definition) is 0. The fourth-order valence-electron chi connectivity index (χ4n) is 2.46. The Labute approximate surface area is 117 Å². The summed E-state index contributed by atoms with van der Waals surface area (Å²) < 4.78 is 29.2. The lowest BCUT2D eigenvalue weighted by molar-refractivity contribution is -0.151. The minimum atomic E-state index is -0.797. The number of carbonyl (C=O) groups is 1. The first-order chi connectivity index (χ1) is 9.61. The van der Waals surface area contributed by atoms with Crippen molar-refractivity contribution in [1.82, 2.24) is 0 Å². The number of halogens is 1. The van der Waals surface area contributed by atoms with Gasteiger partial charge in [0.25, 0.3) is 0 Å². The van der Waals surface area contributed by atoms with Crippen LogP contribution in [-0.4, -0.2) is 38.8 Å². The Hall–Kier alpha value is -1.46. The lowest BCUT2D eigenvalue weighted by Gasteiger charge is -2.34. The summed E-state index contributed by atoms with van der Waals surface area (Å²) in [6.45, 7) is 1.02. The van der Waals surface area contributed by atoms with Gasteiger partial charge in [-0.1, -0.05) is 6.07 Å². The number of ketones is 1. The number of benzene rings is 1. The van der Waals surface area contributed by atoms with Crippen LogP contribution in [-0.2, 0) is 20.7 Å². The average molecular weight is 282 g/mol. The monoisotopic (exact) mass is 282 g/mol. The Morgan fingerprint density at radius 2 is 2.05 bits per heavy atom. The van der Waals surface area contributed by atoms with Crippen molar-refractivity contribution in [2.45, 2.75) is 24.9 Å². The largest absolute Gasteiger partial charge is 0.494 e. The molecule has 0 saturated carbocycles. The zero-order valence-corrected chi connectivity index (χ0v) is 11.8. The van der Waals surface area contributed by atoms with E-state index in [0.29, 0.717) is 31.6 Å². The molecule has 1 aliphatic rings. The van der Waals surface area contributed by atoms with Crippen LogP contribution in [0.15, 0.2) is 18.2 Å².